The van der Waals surface area contributed by atoms with Gasteiger partial charge in [-0.15, -0.1) is 0 Å². The number of nitrogens with zero attached hydrogens (tertiary/aromatic N) is 3. The number of H-pyrrole nitrogens is 1. The summed E-state index contributed by atoms with van der Waals surface area (Å²) in [6.45, 7) is 5.69. The first-order chi connectivity index (χ1) is 12.3. The van der Waals surface area contributed by atoms with Gasteiger partial charge in [0.2, 0.25) is 0 Å². The van der Waals surface area contributed by atoms with Gasteiger partial charge in [-0.25, -0.2) is 4.98 Å². The Bertz CT molecular complexity index is 825. The fourth-order valence-corrected chi connectivity index (χ4v) is 3.89. The molecule has 0 bridgehead atoms. The smallest absolute Gasteiger partial charge is 0.166 e. The minimum Gasteiger partial charge on any atom is -0.378 e. The number of aromatic nitrogens is 3. The molecule has 0 aliphatic carbocycles. The highest BCUT2D eigenvalue weighted by Gasteiger charge is 2.15. The Morgan fingerprint density at radius 3 is 2.88 bits per heavy atom. The number of imidazole rings is 1. The molecule has 0 saturated carbocycles. The van der Waals surface area contributed by atoms with E-state index in [0.717, 1.165) is 60.4 Å². The molecule has 1 aliphatic heterocycles. The van der Waals surface area contributed by atoms with E-state index in [2.05, 4.69) is 38.9 Å². The number of aromatic amines is 1. The van der Waals surface area contributed by atoms with Crippen molar-refractivity contribution in [1.82, 2.24) is 15.0 Å². The molecular weight excluding hydrogens is 332 g/mol. The van der Waals surface area contributed by atoms with E-state index in [0.29, 0.717) is 0 Å². The van der Waals surface area contributed by atoms with Crippen molar-refractivity contribution in [3.8, 4) is 0 Å². The molecule has 5 nitrogen and oxygen atoms in total. The number of nitrogens with one attached hydrogen (secondary N) is 1. The van der Waals surface area contributed by atoms with Crippen LogP contribution in [0.2, 0.25) is 0 Å². The zero-order chi connectivity index (χ0) is 17.1. The van der Waals surface area contributed by atoms with Crippen LogP contribution in [0.15, 0.2) is 41.7 Å². The summed E-state index contributed by atoms with van der Waals surface area (Å²) in [7, 11) is 0. The van der Waals surface area contributed by atoms with Crippen LogP contribution >= 0.6 is 11.8 Å². The van der Waals surface area contributed by atoms with Crippen molar-refractivity contribution >= 4 is 28.5 Å². The fraction of sp³-hybridized carbons (Fsp3) is 0.368. The van der Waals surface area contributed by atoms with Crippen LogP contribution in [-0.2, 0) is 16.9 Å². The van der Waals surface area contributed by atoms with Crippen LogP contribution in [0, 0.1) is 0 Å². The van der Waals surface area contributed by atoms with E-state index in [1.807, 2.05) is 24.4 Å². The first-order valence-electron chi connectivity index (χ1n) is 8.71. The molecule has 6 heteroatoms. The van der Waals surface area contributed by atoms with E-state index < -0.39 is 0 Å². The molecule has 1 fully saturated rings. The second-order valence-electron chi connectivity index (χ2n) is 6.11. The second-order valence-corrected chi connectivity index (χ2v) is 7.07. The lowest BCUT2D eigenvalue weighted by molar-refractivity contribution is 0.122. The van der Waals surface area contributed by atoms with Gasteiger partial charge in [0.15, 0.2) is 5.16 Å². The number of aryl methyl sites for hydroxylation is 1. The molecule has 130 valence electrons. The van der Waals surface area contributed by atoms with Gasteiger partial charge < -0.3 is 14.6 Å². The van der Waals surface area contributed by atoms with Gasteiger partial charge in [0.25, 0.3) is 0 Å². The van der Waals surface area contributed by atoms with Crippen LogP contribution in [-0.4, -0.2) is 41.3 Å². The molecule has 3 aromatic rings. The molecule has 4 rings (SSSR count). The summed E-state index contributed by atoms with van der Waals surface area (Å²) in [6, 6.07) is 10.4. The summed E-state index contributed by atoms with van der Waals surface area (Å²) in [4.78, 5) is 15.1. The van der Waals surface area contributed by atoms with Crippen molar-refractivity contribution in [2.24, 2.45) is 0 Å². The third-order valence-corrected chi connectivity index (χ3v) is 5.38. The average Bonchev–Trinajstić information content (AvgIpc) is 3.10. The van der Waals surface area contributed by atoms with Crippen LogP contribution < -0.4 is 4.90 Å². The Labute approximate surface area is 151 Å². The Morgan fingerprint density at radius 2 is 2.08 bits per heavy atom. The molecule has 2 aromatic heterocycles. The molecule has 0 unspecified atom stereocenters. The minimum absolute atomic E-state index is 0.800. The predicted molar refractivity (Wildman–Crippen MR) is 102 cm³/mol. The van der Waals surface area contributed by atoms with Gasteiger partial charge in [-0.1, -0.05) is 30.8 Å². The molecule has 25 heavy (non-hydrogen) atoms. The maximum Gasteiger partial charge on any atom is 0.166 e. The highest BCUT2D eigenvalue weighted by atomic mass is 32.2. The predicted octanol–water partition coefficient (Wildman–Crippen LogP) is 3.65. The summed E-state index contributed by atoms with van der Waals surface area (Å²) in [5.74, 6) is 0.807. The largest absolute Gasteiger partial charge is 0.378 e. The zero-order valence-corrected chi connectivity index (χ0v) is 15.2. The number of morpholine rings is 1. The third kappa shape index (κ3) is 3.65. The Morgan fingerprint density at radius 1 is 1.24 bits per heavy atom. The quantitative estimate of drug-likeness (QED) is 0.709. The van der Waals surface area contributed by atoms with Gasteiger partial charge >= 0.3 is 0 Å². The molecule has 1 saturated heterocycles. The SMILES string of the molecule is CCc1cnc(CSc2nc3ccccc3[nH]2)cc1N1CCOCC1. The maximum absolute atomic E-state index is 5.49. The average molecular weight is 354 g/mol. The molecule has 1 N–H and O–H groups in total. The number of rotatable bonds is 5. The Kier molecular flexibility index (Phi) is 4.90. The van der Waals surface area contributed by atoms with Crippen molar-refractivity contribution in [2.75, 3.05) is 31.2 Å². The van der Waals surface area contributed by atoms with Crippen LogP contribution in [0.25, 0.3) is 11.0 Å². The number of para-hydroxylation sites is 2. The third-order valence-electron chi connectivity index (χ3n) is 4.48. The van der Waals surface area contributed by atoms with Crippen LogP contribution in [0.4, 0.5) is 5.69 Å². The monoisotopic (exact) mass is 354 g/mol. The summed E-state index contributed by atoms with van der Waals surface area (Å²) < 4.78 is 5.49. The van der Waals surface area contributed by atoms with Crippen molar-refractivity contribution in [1.29, 1.82) is 0 Å². The Balaban J connectivity index is 1.51. The summed E-state index contributed by atoms with van der Waals surface area (Å²) in [6.07, 6.45) is 3.02. The van der Waals surface area contributed by atoms with Crippen molar-refractivity contribution in [2.45, 2.75) is 24.3 Å². The van der Waals surface area contributed by atoms with Gasteiger partial charge in [-0.05, 0) is 30.2 Å². The molecule has 1 aromatic carbocycles. The van der Waals surface area contributed by atoms with Gasteiger partial charge in [-0.3, -0.25) is 4.98 Å². The lowest BCUT2D eigenvalue weighted by Gasteiger charge is -2.30. The maximum atomic E-state index is 5.49. The van der Waals surface area contributed by atoms with E-state index in [9.17, 15) is 0 Å². The van der Waals surface area contributed by atoms with E-state index in [4.69, 9.17) is 4.74 Å². The number of fused-ring (bicyclic) bond motifs is 1. The first-order valence-corrected chi connectivity index (χ1v) is 9.70. The number of thioether (sulfide) groups is 1. The minimum atomic E-state index is 0.800. The number of pyridine rings is 1. The van der Waals surface area contributed by atoms with E-state index in [-0.39, 0.29) is 0 Å². The highest BCUT2D eigenvalue weighted by Crippen LogP contribution is 2.27. The molecule has 3 heterocycles. The topological polar surface area (TPSA) is 54.0 Å². The first kappa shape index (κ1) is 16.4. The van der Waals surface area contributed by atoms with E-state index in [1.165, 1.54) is 11.3 Å². The van der Waals surface area contributed by atoms with Gasteiger partial charge in [0.05, 0.1) is 29.9 Å². The Hall–Kier alpha value is -2.05. The van der Waals surface area contributed by atoms with E-state index >= 15 is 0 Å². The van der Waals surface area contributed by atoms with Gasteiger partial charge in [0, 0.05) is 30.7 Å². The van der Waals surface area contributed by atoms with E-state index in [1.54, 1.807) is 11.8 Å². The number of hydrogen-bond donors (Lipinski definition) is 1. The summed E-state index contributed by atoms with van der Waals surface area (Å²) in [5, 5.41) is 0.940. The standard InChI is InChI=1S/C19H22N4OS/c1-2-14-12-20-15(11-18(14)23-7-9-24-10-8-23)13-25-19-21-16-5-3-4-6-17(16)22-19/h3-6,11-12H,2,7-10,13H2,1H3,(H,21,22). The molecule has 0 atom stereocenters. The fourth-order valence-electron chi connectivity index (χ4n) is 3.10. The number of hydrogen-bond acceptors (Lipinski definition) is 5. The lowest BCUT2D eigenvalue weighted by Crippen LogP contribution is -2.36. The normalized spacial score (nSPS) is 15.0. The number of anilines is 1. The molecule has 1 aliphatic rings. The van der Waals surface area contributed by atoms with Gasteiger partial charge in [0.1, 0.15) is 0 Å². The molecular formula is C19H22N4OS. The summed E-state index contributed by atoms with van der Waals surface area (Å²) >= 11 is 1.70. The summed E-state index contributed by atoms with van der Waals surface area (Å²) in [5.41, 5.74) is 5.78. The van der Waals surface area contributed by atoms with Crippen LogP contribution in [0.3, 0.4) is 0 Å². The lowest BCUT2D eigenvalue weighted by atomic mass is 10.1. The van der Waals surface area contributed by atoms with Crippen LogP contribution in [0.1, 0.15) is 18.2 Å². The molecule has 0 spiro atoms. The number of ether oxygens (including phenoxy) is 1. The highest BCUT2D eigenvalue weighted by molar-refractivity contribution is 7.98. The second kappa shape index (κ2) is 7.45. The van der Waals surface area contributed by atoms with Crippen molar-refractivity contribution in [3.63, 3.8) is 0 Å². The number of benzene rings is 1. The van der Waals surface area contributed by atoms with Crippen molar-refractivity contribution < 1.29 is 4.74 Å². The van der Waals surface area contributed by atoms with Crippen molar-refractivity contribution in [3.05, 3.63) is 47.8 Å². The zero-order valence-electron chi connectivity index (χ0n) is 14.4. The van der Waals surface area contributed by atoms with Gasteiger partial charge in [-0.2, -0.15) is 0 Å². The molecule has 0 radical (unpaired) electrons. The molecule has 0 amide bonds. The van der Waals surface area contributed by atoms with Crippen LogP contribution in [0.5, 0.6) is 0 Å².